The third kappa shape index (κ3) is 3.54. The maximum atomic E-state index is 16.1. The molecule has 0 fully saturated rings. The van der Waals surface area contributed by atoms with Crippen LogP contribution in [0.3, 0.4) is 0 Å². The monoisotopic (exact) mass is 640 g/mol. The van der Waals surface area contributed by atoms with Crippen LogP contribution < -0.4 is 14.6 Å². The van der Waals surface area contributed by atoms with E-state index in [1.807, 2.05) is 119 Å². The van der Waals surface area contributed by atoms with Crippen molar-refractivity contribution < 1.29 is 13.4 Å². The second kappa shape index (κ2) is 9.11. The van der Waals surface area contributed by atoms with E-state index in [1.165, 1.54) is 0 Å². The number of rotatable bonds is 3. The Bertz CT molecular complexity index is 2430. The minimum Gasteiger partial charge on any atom is -0.456 e. The van der Waals surface area contributed by atoms with Gasteiger partial charge in [-0.15, -0.1) is 0 Å². The van der Waals surface area contributed by atoms with Crippen molar-refractivity contribution in [3.63, 3.8) is 0 Å². The third-order valence-corrected chi connectivity index (χ3v) is 11.7. The second-order valence-electron chi connectivity index (χ2n) is 10.7. The Balaban J connectivity index is 1.34. The standard InChI is InChI=1S/C36H22BrN2O3P/c37-23-14-17-31-32(20-23)39(25-16-19-36-30(22-25)28-11-5-7-13-34(28)42-36)43(40,26-8-2-1-3-9-26)38(31)24-15-18-35-29(21-24)27-10-4-6-12-33(27)41-35/h1-22H. The number of para-hydroxylation sites is 2. The average Bonchev–Trinajstić information content (AvgIpc) is 3.68. The van der Waals surface area contributed by atoms with Gasteiger partial charge in [0.25, 0.3) is 0 Å². The van der Waals surface area contributed by atoms with Gasteiger partial charge in [0, 0.05) is 26.0 Å². The first-order valence-electron chi connectivity index (χ1n) is 14.0. The lowest BCUT2D eigenvalue weighted by atomic mass is 10.1. The van der Waals surface area contributed by atoms with Crippen LogP contribution in [0.5, 0.6) is 0 Å². The minimum atomic E-state index is -3.54. The highest BCUT2D eigenvalue weighted by Gasteiger charge is 2.49. The summed E-state index contributed by atoms with van der Waals surface area (Å²) >= 11 is 3.69. The lowest BCUT2D eigenvalue weighted by Crippen LogP contribution is -2.26. The fourth-order valence-electron chi connectivity index (χ4n) is 6.36. The molecular weight excluding hydrogens is 619 g/mol. The summed E-state index contributed by atoms with van der Waals surface area (Å²) in [5.74, 6) is 0. The van der Waals surface area contributed by atoms with E-state index < -0.39 is 7.44 Å². The van der Waals surface area contributed by atoms with Crippen LogP contribution in [0.15, 0.2) is 147 Å². The first kappa shape index (κ1) is 24.8. The Morgan fingerprint density at radius 2 is 1.00 bits per heavy atom. The Morgan fingerprint density at radius 3 is 1.60 bits per heavy atom. The summed E-state index contributed by atoms with van der Waals surface area (Å²) in [5.41, 5.74) is 6.61. The molecule has 0 bridgehead atoms. The van der Waals surface area contributed by atoms with Gasteiger partial charge in [0.15, 0.2) is 0 Å². The predicted octanol–water partition coefficient (Wildman–Crippen LogP) is 11.1. The highest BCUT2D eigenvalue weighted by atomic mass is 79.9. The molecule has 8 aromatic rings. The third-order valence-electron chi connectivity index (χ3n) is 8.24. The van der Waals surface area contributed by atoms with E-state index in [-0.39, 0.29) is 0 Å². The molecule has 0 amide bonds. The normalized spacial score (nSPS) is 16.6. The first-order chi connectivity index (χ1) is 21.1. The van der Waals surface area contributed by atoms with Gasteiger partial charge in [-0.25, -0.2) is 0 Å². The number of benzene rings is 6. The van der Waals surface area contributed by atoms with Crippen LogP contribution in [0.4, 0.5) is 22.7 Å². The molecule has 0 spiro atoms. The van der Waals surface area contributed by atoms with E-state index in [4.69, 9.17) is 8.83 Å². The molecule has 3 heterocycles. The van der Waals surface area contributed by atoms with Crippen molar-refractivity contribution in [2.45, 2.75) is 0 Å². The zero-order valence-electron chi connectivity index (χ0n) is 22.6. The van der Waals surface area contributed by atoms with Crippen molar-refractivity contribution >= 4 is 95.3 Å². The van der Waals surface area contributed by atoms with Crippen molar-refractivity contribution in [2.24, 2.45) is 0 Å². The molecule has 7 heteroatoms. The minimum absolute atomic E-state index is 0.733. The maximum absolute atomic E-state index is 16.1. The van der Waals surface area contributed by atoms with Gasteiger partial charge in [-0.05, 0) is 78.9 Å². The van der Waals surface area contributed by atoms with Crippen LogP contribution in [0.1, 0.15) is 0 Å². The van der Waals surface area contributed by atoms with Crippen molar-refractivity contribution in [2.75, 3.05) is 9.34 Å². The van der Waals surface area contributed by atoms with Crippen LogP contribution in [0.25, 0.3) is 43.9 Å². The van der Waals surface area contributed by atoms with Crippen LogP contribution in [0.2, 0.25) is 0 Å². The largest absolute Gasteiger partial charge is 0.456 e. The van der Waals surface area contributed by atoms with Crippen LogP contribution in [-0.4, -0.2) is 0 Å². The van der Waals surface area contributed by atoms with E-state index in [2.05, 4.69) is 40.2 Å². The smallest absolute Gasteiger partial charge is 0.301 e. The lowest BCUT2D eigenvalue weighted by Gasteiger charge is -2.33. The summed E-state index contributed by atoms with van der Waals surface area (Å²) in [4.78, 5) is 0. The number of halogens is 1. The molecular formula is C36H22BrN2O3P. The molecule has 1 aliphatic heterocycles. The van der Waals surface area contributed by atoms with Gasteiger partial charge in [0.05, 0.1) is 28.1 Å². The molecule has 6 aromatic carbocycles. The van der Waals surface area contributed by atoms with Crippen molar-refractivity contribution in [1.82, 2.24) is 0 Å². The quantitative estimate of drug-likeness (QED) is 0.180. The van der Waals surface area contributed by atoms with Gasteiger partial charge < -0.3 is 8.83 Å². The van der Waals surface area contributed by atoms with Crippen molar-refractivity contribution in [3.8, 4) is 0 Å². The molecule has 206 valence electrons. The van der Waals surface area contributed by atoms with Crippen LogP contribution >= 0.6 is 23.4 Å². The van der Waals surface area contributed by atoms with Gasteiger partial charge in [-0.2, -0.15) is 0 Å². The van der Waals surface area contributed by atoms with Crippen LogP contribution in [0, 0.1) is 0 Å². The molecule has 2 aromatic heterocycles. The molecule has 1 aliphatic rings. The Morgan fingerprint density at radius 1 is 0.488 bits per heavy atom. The zero-order valence-corrected chi connectivity index (χ0v) is 25.1. The Hall–Kier alpha value is -4.77. The summed E-state index contributed by atoms with van der Waals surface area (Å²) in [6.07, 6.45) is 0. The summed E-state index contributed by atoms with van der Waals surface area (Å²) in [6.45, 7) is 0. The van der Waals surface area contributed by atoms with E-state index in [0.717, 1.165) is 76.4 Å². The number of hydrogen-bond acceptors (Lipinski definition) is 3. The van der Waals surface area contributed by atoms with Gasteiger partial charge in [-0.1, -0.05) is 70.5 Å². The molecule has 0 saturated heterocycles. The molecule has 0 N–H and O–H groups in total. The van der Waals surface area contributed by atoms with Gasteiger partial charge in [-0.3, -0.25) is 13.9 Å². The highest BCUT2D eigenvalue weighted by molar-refractivity contribution is 9.10. The fourth-order valence-corrected chi connectivity index (χ4v) is 9.70. The van der Waals surface area contributed by atoms with Gasteiger partial charge in [0.1, 0.15) is 22.3 Å². The number of hydrogen-bond donors (Lipinski definition) is 0. The van der Waals surface area contributed by atoms with E-state index in [1.54, 1.807) is 0 Å². The lowest BCUT2D eigenvalue weighted by molar-refractivity contribution is 0.582. The van der Waals surface area contributed by atoms with E-state index in [9.17, 15) is 0 Å². The first-order valence-corrected chi connectivity index (χ1v) is 16.4. The SMILES string of the molecule is O=P1(c2ccccc2)N(c2ccc3oc4ccccc4c3c2)c2ccc(Br)cc2N1c1ccc2oc3ccccc3c2c1. The zero-order chi connectivity index (χ0) is 28.7. The maximum Gasteiger partial charge on any atom is 0.301 e. The molecule has 5 nitrogen and oxygen atoms in total. The summed E-state index contributed by atoms with van der Waals surface area (Å²) in [5, 5.41) is 4.75. The van der Waals surface area contributed by atoms with Gasteiger partial charge >= 0.3 is 7.44 Å². The average molecular weight is 641 g/mol. The molecule has 43 heavy (non-hydrogen) atoms. The summed E-state index contributed by atoms with van der Waals surface area (Å²) in [6, 6.07) is 44.1. The highest BCUT2D eigenvalue weighted by Crippen LogP contribution is 2.70. The van der Waals surface area contributed by atoms with E-state index in [0.29, 0.717) is 0 Å². The molecule has 0 aliphatic carbocycles. The topological polar surface area (TPSA) is 49.8 Å². The number of anilines is 4. The molecule has 1 atom stereocenters. The fraction of sp³-hybridized carbons (Fsp3) is 0. The molecule has 9 rings (SSSR count). The number of nitrogens with zero attached hydrogens (tertiary/aromatic N) is 2. The van der Waals surface area contributed by atoms with Crippen molar-refractivity contribution in [3.05, 3.63) is 138 Å². The van der Waals surface area contributed by atoms with Crippen LogP contribution in [-0.2, 0) is 4.57 Å². The molecule has 1 unspecified atom stereocenters. The molecule has 0 saturated carbocycles. The summed E-state index contributed by atoms with van der Waals surface area (Å²) in [7, 11) is -3.54. The second-order valence-corrected chi connectivity index (χ2v) is 14.0. The van der Waals surface area contributed by atoms with Gasteiger partial charge in [0.2, 0.25) is 0 Å². The number of furan rings is 2. The van der Waals surface area contributed by atoms with Crippen molar-refractivity contribution in [1.29, 1.82) is 0 Å². The number of fused-ring (bicyclic) bond motifs is 7. The Labute approximate surface area is 255 Å². The predicted molar refractivity (Wildman–Crippen MR) is 180 cm³/mol. The molecule has 0 radical (unpaired) electrons. The summed E-state index contributed by atoms with van der Waals surface area (Å²) < 4.78 is 33.3. The van der Waals surface area contributed by atoms with E-state index >= 15 is 4.57 Å². The Kier molecular flexibility index (Phi) is 5.25.